The molecule has 2 rings (SSSR count). The second-order valence-electron chi connectivity index (χ2n) is 4.06. The molecule has 0 saturated carbocycles. The summed E-state index contributed by atoms with van der Waals surface area (Å²) < 4.78 is 0.853. The fraction of sp³-hybridized carbons (Fsp3) is 0.286. The molecule has 0 amide bonds. The Balaban J connectivity index is 2.02. The van der Waals surface area contributed by atoms with Crippen LogP contribution in [0.3, 0.4) is 0 Å². The number of benzene rings is 1. The lowest BCUT2D eigenvalue weighted by atomic mass is 10.2. The highest BCUT2D eigenvalue weighted by atomic mass is 35.5. The Kier molecular flexibility index (Phi) is 5.13. The molecule has 0 saturated heterocycles. The first-order valence-electron chi connectivity index (χ1n) is 5.81. The van der Waals surface area contributed by atoms with E-state index in [1.807, 2.05) is 24.9 Å². The summed E-state index contributed by atoms with van der Waals surface area (Å²) >= 11 is 9.52. The number of rotatable bonds is 5. The van der Waals surface area contributed by atoms with Gasteiger partial charge in [-0.15, -0.1) is 23.1 Å². The largest absolute Gasteiger partial charge is 0.312 e. The van der Waals surface area contributed by atoms with Crippen LogP contribution in [0.4, 0.5) is 0 Å². The first-order valence-corrected chi connectivity index (χ1v) is 7.99. The third kappa shape index (κ3) is 3.51. The van der Waals surface area contributed by atoms with Crippen LogP contribution in [0.1, 0.15) is 16.5 Å². The lowest BCUT2D eigenvalue weighted by Gasteiger charge is -2.14. The van der Waals surface area contributed by atoms with Gasteiger partial charge in [-0.2, -0.15) is 0 Å². The zero-order valence-electron chi connectivity index (χ0n) is 10.4. The molecule has 2 aromatic rings. The Morgan fingerprint density at radius 2 is 2.06 bits per heavy atom. The van der Waals surface area contributed by atoms with Gasteiger partial charge in [0.2, 0.25) is 0 Å². The zero-order valence-corrected chi connectivity index (χ0v) is 12.8. The number of thioether (sulfide) groups is 1. The number of hydrogen-bond donors (Lipinski definition) is 1. The number of hydrogen-bond acceptors (Lipinski definition) is 3. The summed E-state index contributed by atoms with van der Waals surface area (Å²) in [6, 6.07) is 12.9. The second-order valence-corrected chi connectivity index (χ2v) is 6.87. The second kappa shape index (κ2) is 6.62. The van der Waals surface area contributed by atoms with Crippen LogP contribution in [0.15, 0.2) is 41.3 Å². The van der Waals surface area contributed by atoms with Crippen LogP contribution in [0.2, 0.25) is 4.34 Å². The maximum absolute atomic E-state index is 5.99. The molecule has 1 nitrogen and oxygen atoms in total. The molecule has 1 aromatic heterocycles. The lowest BCUT2D eigenvalue weighted by molar-refractivity contribution is 0.673. The first-order chi connectivity index (χ1) is 8.70. The van der Waals surface area contributed by atoms with E-state index in [9.17, 15) is 0 Å². The van der Waals surface area contributed by atoms with Crippen LogP contribution in [-0.4, -0.2) is 12.8 Å². The van der Waals surface area contributed by atoms with E-state index in [0.29, 0.717) is 6.04 Å². The smallest absolute Gasteiger partial charge is 0.0931 e. The first kappa shape index (κ1) is 13.9. The molecule has 0 aliphatic rings. The maximum atomic E-state index is 5.99. The van der Waals surface area contributed by atoms with Gasteiger partial charge < -0.3 is 5.32 Å². The Morgan fingerprint density at radius 3 is 2.67 bits per heavy atom. The molecule has 1 unspecified atom stereocenters. The summed E-state index contributed by atoms with van der Waals surface area (Å²) in [6.07, 6.45) is 0. The van der Waals surface area contributed by atoms with Gasteiger partial charge in [0, 0.05) is 15.5 Å². The minimum Gasteiger partial charge on any atom is -0.312 e. The summed E-state index contributed by atoms with van der Waals surface area (Å²) in [5, 5.41) is 3.35. The fourth-order valence-corrected chi connectivity index (χ4v) is 4.15. The Bertz CT molecular complexity index is 510. The van der Waals surface area contributed by atoms with Crippen LogP contribution in [0.5, 0.6) is 0 Å². The number of aryl methyl sites for hydroxylation is 1. The van der Waals surface area contributed by atoms with Gasteiger partial charge in [0.05, 0.1) is 10.4 Å². The predicted octanol–water partition coefficient (Wildman–Crippen LogP) is 4.76. The zero-order chi connectivity index (χ0) is 13.0. The SMILES string of the molecule is CNC(CSc1ccccc1C)c1ccc(Cl)s1. The molecule has 1 atom stereocenters. The van der Waals surface area contributed by atoms with Crippen molar-refractivity contribution in [3.8, 4) is 0 Å². The number of nitrogens with one attached hydrogen (secondary N) is 1. The molecule has 0 radical (unpaired) electrons. The lowest BCUT2D eigenvalue weighted by Crippen LogP contribution is -2.17. The molecular weight excluding hydrogens is 282 g/mol. The molecule has 96 valence electrons. The van der Waals surface area contributed by atoms with E-state index in [4.69, 9.17) is 11.6 Å². The predicted molar refractivity (Wildman–Crippen MR) is 83.0 cm³/mol. The van der Waals surface area contributed by atoms with Gasteiger partial charge in [0.15, 0.2) is 0 Å². The summed E-state index contributed by atoms with van der Waals surface area (Å²) in [5.74, 6) is 1.01. The normalized spacial score (nSPS) is 12.6. The van der Waals surface area contributed by atoms with Crippen molar-refractivity contribution >= 4 is 34.7 Å². The van der Waals surface area contributed by atoms with Crippen molar-refractivity contribution in [2.45, 2.75) is 17.9 Å². The average Bonchev–Trinajstić information content (AvgIpc) is 2.79. The Hall–Kier alpha value is -0.480. The summed E-state index contributed by atoms with van der Waals surface area (Å²) in [7, 11) is 2.00. The van der Waals surface area contributed by atoms with E-state index in [-0.39, 0.29) is 0 Å². The minimum atomic E-state index is 0.354. The summed E-state index contributed by atoms with van der Waals surface area (Å²) in [6.45, 7) is 2.15. The highest BCUT2D eigenvalue weighted by Gasteiger charge is 2.12. The topological polar surface area (TPSA) is 12.0 Å². The molecule has 0 aliphatic heterocycles. The molecule has 18 heavy (non-hydrogen) atoms. The van der Waals surface area contributed by atoms with E-state index >= 15 is 0 Å². The molecule has 1 heterocycles. The third-order valence-corrected chi connectivity index (χ3v) is 5.40. The van der Waals surface area contributed by atoms with E-state index in [1.165, 1.54) is 15.3 Å². The van der Waals surface area contributed by atoms with Crippen molar-refractivity contribution in [1.29, 1.82) is 0 Å². The number of thiophene rings is 1. The van der Waals surface area contributed by atoms with Gasteiger partial charge >= 0.3 is 0 Å². The van der Waals surface area contributed by atoms with Crippen LogP contribution in [-0.2, 0) is 0 Å². The van der Waals surface area contributed by atoms with Gasteiger partial charge in [0.25, 0.3) is 0 Å². The van der Waals surface area contributed by atoms with Crippen molar-refractivity contribution in [3.05, 3.63) is 51.2 Å². The van der Waals surface area contributed by atoms with Gasteiger partial charge in [-0.25, -0.2) is 0 Å². The van der Waals surface area contributed by atoms with Crippen LogP contribution in [0, 0.1) is 6.92 Å². The Morgan fingerprint density at radius 1 is 1.28 bits per heavy atom. The molecule has 1 aromatic carbocycles. The summed E-state index contributed by atoms with van der Waals surface area (Å²) in [5.41, 5.74) is 1.33. The van der Waals surface area contributed by atoms with Crippen LogP contribution >= 0.6 is 34.7 Å². The van der Waals surface area contributed by atoms with Gasteiger partial charge in [0.1, 0.15) is 0 Å². The molecule has 0 spiro atoms. The molecular formula is C14H16ClNS2. The van der Waals surface area contributed by atoms with Gasteiger partial charge in [-0.05, 0) is 37.7 Å². The van der Waals surface area contributed by atoms with Crippen molar-refractivity contribution in [1.82, 2.24) is 5.32 Å². The highest BCUT2D eigenvalue weighted by Crippen LogP contribution is 2.31. The molecule has 0 aliphatic carbocycles. The summed E-state index contributed by atoms with van der Waals surface area (Å²) in [4.78, 5) is 2.64. The molecule has 4 heteroatoms. The highest BCUT2D eigenvalue weighted by molar-refractivity contribution is 7.99. The number of halogens is 1. The van der Waals surface area contributed by atoms with E-state index in [2.05, 4.69) is 42.6 Å². The maximum Gasteiger partial charge on any atom is 0.0931 e. The van der Waals surface area contributed by atoms with Crippen molar-refractivity contribution in [2.24, 2.45) is 0 Å². The molecule has 1 N–H and O–H groups in total. The fourth-order valence-electron chi connectivity index (χ4n) is 1.71. The van der Waals surface area contributed by atoms with Crippen molar-refractivity contribution < 1.29 is 0 Å². The van der Waals surface area contributed by atoms with Gasteiger partial charge in [-0.3, -0.25) is 0 Å². The van der Waals surface area contributed by atoms with E-state index in [1.54, 1.807) is 11.3 Å². The quantitative estimate of drug-likeness (QED) is 0.798. The standard InChI is InChI=1S/C14H16ClNS2/c1-10-5-3-4-6-12(10)17-9-11(16-2)13-7-8-14(15)18-13/h3-8,11,16H,9H2,1-2H3. The third-order valence-electron chi connectivity index (χ3n) is 2.78. The van der Waals surface area contributed by atoms with E-state index in [0.717, 1.165) is 10.1 Å². The molecule has 0 bridgehead atoms. The van der Waals surface area contributed by atoms with Gasteiger partial charge in [-0.1, -0.05) is 29.8 Å². The monoisotopic (exact) mass is 297 g/mol. The minimum absolute atomic E-state index is 0.354. The van der Waals surface area contributed by atoms with Crippen LogP contribution in [0.25, 0.3) is 0 Å². The molecule has 0 fully saturated rings. The Labute approximate surface area is 122 Å². The van der Waals surface area contributed by atoms with Crippen LogP contribution < -0.4 is 5.32 Å². The van der Waals surface area contributed by atoms with E-state index < -0.39 is 0 Å². The van der Waals surface area contributed by atoms with Crippen molar-refractivity contribution in [2.75, 3.05) is 12.8 Å². The van der Waals surface area contributed by atoms with Crippen molar-refractivity contribution in [3.63, 3.8) is 0 Å². The average molecular weight is 298 g/mol.